The minimum Gasteiger partial charge on any atom is -0.310 e. The first kappa shape index (κ1) is 13.7. The van der Waals surface area contributed by atoms with E-state index in [1.165, 1.54) is 11.0 Å². The van der Waals surface area contributed by atoms with E-state index >= 15 is 0 Å². The number of halogens is 1. The van der Waals surface area contributed by atoms with Crippen molar-refractivity contribution in [2.45, 2.75) is 31.1 Å². The number of carbonyl (C=O) groups is 1. The molecule has 3 atom stereocenters. The van der Waals surface area contributed by atoms with Crippen LogP contribution < -0.4 is 4.90 Å². The summed E-state index contributed by atoms with van der Waals surface area (Å²) in [6.07, 6.45) is 0. The molecule has 1 aromatic carbocycles. The van der Waals surface area contributed by atoms with Crippen molar-refractivity contribution >= 4 is 22.6 Å². The molecule has 0 N–H and O–H groups in total. The molecule has 1 aromatic rings. The maximum atomic E-state index is 14.0. The molecule has 0 saturated carbocycles. The fourth-order valence-corrected chi connectivity index (χ4v) is 4.21. The largest absolute Gasteiger partial charge is 0.310 e. The molecule has 0 aliphatic carbocycles. The summed E-state index contributed by atoms with van der Waals surface area (Å²) in [6, 6.07) is 4.69. The maximum Gasteiger partial charge on any atom is 0.254 e. The molecule has 3 rings (SSSR count). The second-order valence-electron chi connectivity index (χ2n) is 6.26. The molecule has 0 radical (unpaired) electrons. The number of benzene rings is 1. The van der Waals surface area contributed by atoms with Crippen LogP contribution in [0.5, 0.6) is 0 Å². The van der Waals surface area contributed by atoms with Gasteiger partial charge in [0.25, 0.3) is 5.91 Å². The van der Waals surface area contributed by atoms with Crippen molar-refractivity contribution in [2.75, 3.05) is 18.5 Å². The zero-order valence-corrected chi connectivity index (χ0v) is 12.8. The van der Waals surface area contributed by atoms with E-state index in [9.17, 15) is 13.4 Å². The highest BCUT2D eigenvalue weighted by Crippen LogP contribution is 2.55. The number of hydrogen-bond acceptors (Lipinski definition) is 2. The van der Waals surface area contributed by atoms with Gasteiger partial charge in [0.15, 0.2) is 5.54 Å². The van der Waals surface area contributed by atoms with Gasteiger partial charge in [-0.15, -0.1) is 0 Å². The fraction of sp³-hybridized carbons (Fsp3) is 0.500. The lowest BCUT2D eigenvalue weighted by Crippen LogP contribution is -2.36. The number of fused-ring (bicyclic) bond motifs is 2. The molecule has 2 aliphatic heterocycles. The zero-order valence-electron chi connectivity index (χ0n) is 11.9. The summed E-state index contributed by atoms with van der Waals surface area (Å²) < 4.78 is 27.7. The Balaban J connectivity index is 2.09. The molecule has 2 heterocycles. The predicted octanol–water partition coefficient (Wildman–Crippen LogP) is 1.78. The second kappa shape index (κ2) is 3.89. The van der Waals surface area contributed by atoms with E-state index in [-0.39, 0.29) is 5.91 Å². The summed E-state index contributed by atoms with van der Waals surface area (Å²) in [5.74, 6) is -0.612. The first-order chi connectivity index (χ1) is 9.21. The van der Waals surface area contributed by atoms with Crippen molar-refractivity contribution in [3.8, 4) is 0 Å². The molecule has 1 spiro atoms. The lowest BCUT2D eigenvalue weighted by molar-refractivity contribution is -0.120. The van der Waals surface area contributed by atoms with Crippen LogP contribution in [0.25, 0.3) is 0 Å². The van der Waals surface area contributed by atoms with Gasteiger partial charge in [-0.1, -0.05) is 12.1 Å². The lowest BCUT2D eigenvalue weighted by atomic mass is 10.0. The third-order valence-corrected chi connectivity index (χ3v) is 5.73. The Hall–Kier alpha value is -1.27. The first-order valence-electron chi connectivity index (χ1n) is 6.48. The number of para-hydroxylation sites is 1. The number of anilines is 1. The third-order valence-electron chi connectivity index (χ3n) is 3.84. The van der Waals surface area contributed by atoms with Crippen LogP contribution >= 0.6 is 0 Å². The summed E-state index contributed by atoms with van der Waals surface area (Å²) in [7, 11) is 0.272. The molecular weight excluding hydrogens is 279 g/mol. The van der Waals surface area contributed by atoms with Crippen molar-refractivity contribution < 1.29 is 13.4 Å². The minimum absolute atomic E-state index is 0.199. The summed E-state index contributed by atoms with van der Waals surface area (Å²) in [5.41, 5.74) is 0.0122. The van der Waals surface area contributed by atoms with Crippen molar-refractivity contribution in [3.63, 3.8) is 0 Å². The number of hydrogen-bond donors (Lipinski definition) is 0. The van der Waals surface area contributed by atoms with Crippen molar-refractivity contribution in [2.24, 2.45) is 0 Å². The molecule has 1 amide bonds. The van der Waals surface area contributed by atoms with Gasteiger partial charge in [-0.2, -0.15) is 0 Å². The Bertz CT molecular complexity index is 641. The average molecular weight is 296 g/mol. The van der Waals surface area contributed by atoms with E-state index in [1.807, 2.05) is 20.8 Å². The van der Waals surface area contributed by atoms with Gasteiger partial charge in [0.1, 0.15) is 16.8 Å². The molecule has 2 aliphatic rings. The van der Waals surface area contributed by atoms with Crippen molar-refractivity contribution in [1.29, 1.82) is 0 Å². The summed E-state index contributed by atoms with van der Waals surface area (Å²) in [5, 5.41) is 0. The van der Waals surface area contributed by atoms with Gasteiger partial charge >= 0.3 is 0 Å². The van der Waals surface area contributed by atoms with Crippen LogP contribution in [0.4, 0.5) is 10.1 Å². The third kappa shape index (κ3) is 1.55. The van der Waals surface area contributed by atoms with Crippen LogP contribution in [0, 0.1) is 5.82 Å². The van der Waals surface area contributed by atoms with Gasteiger partial charge in [-0.05, 0) is 26.8 Å². The molecule has 1 saturated heterocycles. The number of nitrogens with zero attached hydrogens (tertiary/aromatic N) is 2. The molecule has 6 heteroatoms. The Labute approximate surface area is 120 Å². The highest BCUT2D eigenvalue weighted by Gasteiger charge is 2.69. The summed E-state index contributed by atoms with van der Waals surface area (Å²) in [6.45, 7) is 5.98. The van der Waals surface area contributed by atoms with E-state index in [2.05, 4.69) is 0 Å². The monoisotopic (exact) mass is 296 g/mol. The number of rotatable bonds is 1. The normalized spacial score (nSPS) is 29.8. The number of likely N-dealkylation sites (N-methyl/N-ethyl adjacent to an activating group) is 1. The molecule has 0 aromatic heterocycles. The highest BCUT2D eigenvalue weighted by molar-refractivity contribution is 7.84. The highest BCUT2D eigenvalue weighted by atomic mass is 32.2. The number of amides is 1. The minimum atomic E-state index is -1.29. The molecular formula is C14H17FN2O2S. The molecule has 4 nitrogen and oxygen atoms in total. The van der Waals surface area contributed by atoms with Gasteiger partial charge < -0.3 is 4.90 Å². The Morgan fingerprint density at radius 1 is 1.35 bits per heavy atom. The molecule has 20 heavy (non-hydrogen) atoms. The topological polar surface area (TPSA) is 40.4 Å². The van der Waals surface area contributed by atoms with Crippen LogP contribution in [0.1, 0.15) is 26.3 Å². The average Bonchev–Trinajstić information content (AvgIpc) is 3.06. The summed E-state index contributed by atoms with van der Waals surface area (Å²) in [4.78, 5) is 13.9. The van der Waals surface area contributed by atoms with Gasteiger partial charge in [0, 0.05) is 19.2 Å². The fourth-order valence-electron chi connectivity index (χ4n) is 2.78. The van der Waals surface area contributed by atoms with Crippen molar-refractivity contribution in [1.82, 2.24) is 4.31 Å². The molecule has 108 valence electrons. The van der Waals surface area contributed by atoms with E-state index in [1.54, 1.807) is 23.5 Å². The van der Waals surface area contributed by atoms with Gasteiger partial charge in [0.2, 0.25) is 0 Å². The number of carbonyl (C=O) groups excluding carboxylic acids is 1. The Morgan fingerprint density at radius 2 is 2.00 bits per heavy atom. The first-order valence-corrected chi connectivity index (χ1v) is 7.59. The molecule has 0 bridgehead atoms. The van der Waals surface area contributed by atoms with Crippen LogP contribution in [-0.2, 0) is 21.3 Å². The van der Waals surface area contributed by atoms with E-state index in [0.717, 1.165) is 0 Å². The van der Waals surface area contributed by atoms with Gasteiger partial charge in [0.05, 0.1) is 10.4 Å². The van der Waals surface area contributed by atoms with Crippen molar-refractivity contribution in [3.05, 3.63) is 29.6 Å². The Kier molecular flexibility index (Phi) is 2.66. The quantitative estimate of drug-likeness (QED) is 0.741. The van der Waals surface area contributed by atoms with E-state index in [4.69, 9.17) is 0 Å². The van der Waals surface area contributed by atoms with Crippen LogP contribution in [0.3, 0.4) is 0 Å². The Morgan fingerprint density at radius 3 is 2.60 bits per heavy atom. The molecule has 1 fully saturated rings. The van der Waals surface area contributed by atoms with Gasteiger partial charge in [-0.25, -0.2) is 12.9 Å². The zero-order chi connectivity index (χ0) is 14.9. The van der Waals surface area contributed by atoms with Crippen LogP contribution in [0.2, 0.25) is 0 Å². The SMILES string of the molecule is CN1C(=O)[C@@]2(CN2[S@](=O)C(C)(C)C)c2cccc(F)c21. The smallest absolute Gasteiger partial charge is 0.254 e. The van der Waals surface area contributed by atoms with Crippen LogP contribution in [0.15, 0.2) is 18.2 Å². The van der Waals surface area contributed by atoms with Crippen LogP contribution in [-0.4, -0.2) is 32.8 Å². The summed E-state index contributed by atoms with van der Waals surface area (Å²) >= 11 is 0. The lowest BCUT2D eigenvalue weighted by Gasteiger charge is -2.20. The van der Waals surface area contributed by atoms with E-state index in [0.29, 0.717) is 17.8 Å². The van der Waals surface area contributed by atoms with Gasteiger partial charge in [-0.3, -0.25) is 4.79 Å². The predicted molar refractivity (Wildman–Crippen MR) is 76.1 cm³/mol. The van der Waals surface area contributed by atoms with E-state index < -0.39 is 27.1 Å². The molecule has 1 unspecified atom stereocenters. The standard InChI is InChI=1S/C14H17FN2O2S/c1-13(2,3)20(19)17-8-14(17)9-6-5-7-10(15)11(9)16(4)12(14)18/h5-7H,8H2,1-4H3/t14-,17?,20-/m1/s1. The second-order valence-corrected chi connectivity index (χ2v) is 8.42. The maximum absolute atomic E-state index is 14.0.